The monoisotopic (exact) mass is 290 g/mol. The molecule has 2 aliphatic rings. The van der Waals surface area contributed by atoms with Crippen LogP contribution in [-0.2, 0) is 29.1 Å². The summed E-state index contributed by atoms with van der Waals surface area (Å²) < 4.78 is 2.14. The quantitative estimate of drug-likeness (QED) is 0.888. The summed E-state index contributed by atoms with van der Waals surface area (Å²) in [6.45, 7) is 4.32. The smallest absolute Gasteiger partial charge is 0.220 e. The Morgan fingerprint density at radius 1 is 1.33 bits per heavy atom. The predicted molar refractivity (Wildman–Crippen MR) is 77.4 cm³/mol. The van der Waals surface area contributed by atoms with Crippen LogP contribution in [0.4, 0.5) is 0 Å². The van der Waals surface area contributed by atoms with Crippen LogP contribution in [-0.4, -0.2) is 39.4 Å². The third-order valence-corrected chi connectivity index (χ3v) is 4.30. The van der Waals surface area contributed by atoms with E-state index in [2.05, 4.69) is 14.9 Å². The molecule has 0 bridgehead atoms. The van der Waals surface area contributed by atoms with E-state index in [4.69, 9.17) is 0 Å². The minimum Gasteiger partial charge on any atom is -0.350 e. The van der Waals surface area contributed by atoms with Gasteiger partial charge in [0.1, 0.15) is 5.82 Å². The lowest BCUT2D eigenvalue weighted by Gasteiger charge is -2.17. The fourth-order valence-corrected chi connectivity index (χ4v) is 2.80. The van der Waals surface area contributed by atoms with Crippen molar-refractivity contribution in [2.45, 2.75) is 45.7 Å². The predicted octanol–water partition coefficient (Wildman–Crippen LogP) is 0.704. The maximum Gasteiger partial charge on any atom is 0.220 e. The van der Waals surface area contributed by atoms with Gasteiger partial charge in [0.2, 0.25) is 11.8 Å². The molecule has 0 aromatic carbocycles. The third kappa shape index (κ3) is 3.43. The molecule has 2 heterocycles. The van der Waals surface area contributed by atoms with Crippen LogP contribution < -0.4 is 5.32 Å². The molecule has 0 spiro atoms. The van der Waals surface area contributed by atoms with Crippen molar-refractivity contribution in [3.63, 3.8) is 0 Å². The number of amides is 2. The van der Waals surface area contributed by atoms with Crippen molar-refractivity contribution >= 4 is 11.8 Å². The minimum absolute atomic E-state index is 0.111. The second kappa shape index (κ2) is 5.87. The molecule has 0 unspecified atom stereocenters. The van der Waals surface area contributed by atoms with Gasteiger partial charge in [-0.25, -0.2) is 4.98 Å². The van der Waals surface area contributed by atoms with E-state index in [0.717, 1.165) is 31.0 Å². The van der Waals surface area contributed by atoms with Crippen molar-refractivity contribution in [3.05, 3.63) is 17.7 Å². The summed E-state index contributed by atoms with van der Waals surface area (Å²) in [5.74, 6) is 1.86. The van der Waals surface area contributed by atoms with Gasteiger partial charge >= 0.3 is 0 Å². The SMILES string of the molecule is CC(=O)N1CCc2ncc(CNC(=O)CC3CC3)n2CC1. The number of aromatic nitrogens is 2. The second-order valence-electron chi connectivity index (χ2n) is 6.00. The number of carbonyl (C=O) groups is 2. The summed E-state index contributed by atoms with van der Waals surface area (Å²) in [7, 11) is 0. The first-order valence-corrected chi connectivity index (χ1v) is 7.69. The highest BCUT2D eigenvalue weighted by Gasteiger charge is 2.24. The molecule has 0 atom stereocenters. The largest absolute Gasteiger partial charge is 0.350 e. The Hall–Kier alpha value is -1.85. The molecule has 1 saturated carbocycles. The molecule has 1 fully saturated rings. The first-order valence-electron chi connectivity index (χ1n) is 7.69. The second-order valence-corrected chi connectivity index (χ2v) is 6.00. The number of nitrogens with one attached hydrogen (secondary N) is 1. The van der Waals surface area contributed by atoms with Crippen LogP contribution >= 0.6 is 0 Å². The van der Waals surface area contributed by atoms with Crippen molar-refractivity contribution in [1.29, 1.82) is 0 Å². The van der Waals surface area contributed by atoms with Gasteiger partial charge in [-0.15, -0.1) is 0 Å². The van der Waals surface area contributed by atoms with Crippen molar-refractivity contribution in [1.82, 2.24) is 19.8 Å². The van der Waals surface area contributed by atoms with E-state index >= 15 is 0 Å². The average Bonchev–Trinajstić information content (AvgIpc) is 3.21. The van der Waals surface area contributed by atoms with Crippen molar-refractivity contribution in [2.75, 3.05) is 13.1 Å². The number of imidazole rings is 1. The van der Waals surface area contributed by atoms with Crippen LogP contribution in [0.1, 0.15) is 37.7 Å². The van der Waals surface area contributed by atoms with Crippen molar-refractivity contribution in [3.8, 4) is 0 Å². The first-order chi connectivity index (χ1) is 10.1. The molecular formula is C15H22N4O2. The van der Waals surface area contributed by atoms with Gasteiger partial charge in [-0.05, 0) is 18.8 Å². The zero-order valence-electron chi connectivity index (χ0n) is 12.5. The lowest BCUT2D eigenvalue weighted by atomic mass is 10.3. The molecule has 21 heavy (non-hydrogen) atoms. The number of nitrogens with zero attached hydrogens (tertiary/aromatic N) is 3. The third-order valence-electron chi connectivity index (χ3n) is 4.30. The summed E-state index contributed by atoms with van der Waals surface area (Å²) in [6.07, 6.45) is 5.65. The Morgan fingerprint density at radius 2 is 2.14 bits per heavy atom. The normalized spacial score (nSPS) is 18.0. The Balaban J connectivity index is 1.59. The Kier molecular flexibility index (Phi) is 3.94. The van der Waals surface area contributed by atoms with Crippen LogP contribution in [0.15, 0.2) is 6.20 Å². The lowest BCUT2D eigenvalue weighted by Crippen LogP contribution is -2.31. The fraction of sp³-hybridized carbons (Fsp3) is 0.667. The fourth-order valence-electron chi connectivity index (χ4n) is 2.80. The molecule has 114 valence electrons. The van der Waals surface area contributed by atoms with Crippen molar-refractivity contribution < 1.29 is 9.59 Å². The molecule has 1 aliphatic heterocycles. The number of hydrogen-bond donors (Lipinski definition) is 1. The summed E-state index contributed by atoms with van der Waals surface area (Å²) >= 11 is 0. The Labute approximate surface area is 124 Å². The van der Waals surface area contributed by atoms with Gasteiger partial charge in [0.25, 0.3) is 0 Å². The molecule has 6 heteroatoms. The van der Waals surface area contributed by atoms with Gasteiger partial charge in [-0.3, -0.25) is 9.59 Å². The molecule has 0 radical (unpaired) electrons. The molecule has 2 amide bonds. The Bertz CT molecular complexity index is 548. The molecule has 1 aromatic heterocycles. The molecule has 1 aromatic rings. The minimum atomic E-state index is 0.111. The van der Waals surface area contributed by atoms with Gasteiger partial charge < -0.3 is 14.8 Å². The van der Waals surface area contributed by atoms with Crippen LogP contribution in [0.2, 0.25) is 0 Å². The van der Waals surface area contributed by atoms with E-state index in [9.17, 15) is 9.59 Å². The molecule has 0 saturated heterocycles. The van der Waals surface area contributed by atoms with Crippen LogP contribution in [0.25, 0.3) is 0 Å². The maximum atomic E-state index is 11.8. The van der Waals surface area contributed by atoms with Gasteiger partial charge in [-0.2, -0.15) is 0 Å². The van der Waals surface area contributed by atoms with Gasteiger partial charge in [0.05, 0.1) is 18.4 Å². The van der Waals surface area contributed by atoms with Gasteiger partial charge in [0.15, 0.2) is 0 Å². The number of hydrogen-bond acceptors (Lipinski definition) is 3. The van der Waals surface area contributed by atoms with E-state index in [1.165, 1.54) is 12.8 Å². The van der Waals surface area contributed by atoms with E-state index in [0.29, 0.717) is 25.4 Å². The lowest BCUT2D eigenvalue weighted by molar-refractivity contribution is -0.128. The zero-order chi connectivity index (χ0) is 14.8. The highest BCUT2D eigenvalue weighted by atomic mass is 16.2. The summed E-state index contributed by atoms with van der Waals surface area (Å²) in [5, 5.41) is 2.98. The van der Waals surface area contributed by atoms with E-state index in [-0.39, 0.29) is 11.8 Å². The maximum absolute atomic E-state index is 11.8. The molecule has 1 N–H and O–H groups in total. The standard InChI is InChI=1S/C15H22N4O2/c1-11(20)18-5-4-14-16-9-13(19(14)7-6-18)10-17-15(21)8-12-2-3-12/h9,12H,2-8,10H2,1H3,(H,17,21). The summed E-state index contributed by atoms with van der Waals surface area (Å²) in [5.41, 5.74) is 1.03. The number of rotatable bonds is 4. The van der Waals surface area contributed by atoms with E-state index < -0.39 is 0 Å². The van der Waals surface area contributed by atoms with Crippen LogP contribution in [0.5, 0.6) is 0 Å². The molecular weight excluding hydrogens is 268 g/mol. The van der Waals surface area contributed by atoms with Crippen LogP contribution in [0.3, 0.4) is 0 Å². The Morgan fingerprint density at radius 3 is 2.86 bits per heavy atom. The van der Waals surface area contributed by atoms with E-state index in [1.54, 1.807) is 6.92 Å². The first kappa shape index (κ1) is 14.1. The van der Waals surface area contributed by atoms with E-state index in [1.807, 2.05) is 11.1 Å². The van der Waals surface area contributed by atoms with Crippen molar-refractivity contribution in [2.24, 2.45) is 5.92 Å². The molecule has 3 rings (SSSR count). The topological polar surface area (TPSA) is 67.2 Å². The number of fused-ring (bicyclic) bond motifs is 1. The number of carbonyl (C=O) groups excluding carboxylic acids is 2. The highest BCUT2D eigenvalue weighted by molar-refractivity contribution is 5.76. The summed E-state index contributed by atoms with van der Waals surface area (Å²) in [4.78, 5) is 29.5. The average molecular weight is 290 g/mol. The molecule has 6 nitrogen and oxygen atoms in total. The summed E-state index contributed by atoms with van der Waals surface area (Å²) in [6, 6.07) is 0. The van der Waals surface area contributed by atoms with Gasteiger partial charge in [0, 0.05) is 39.4 Å². The highest BCUT2D eigenvalue weighted by Crippen LogP contribution is 2.32. The molecule has 1 aliphatic carbocycles. The van der Waals surface area contributed by atoms with Crippen LogP contribution in [0, 0.1) is 5.92 Å². The van der Waals surface area contributed by atoms with Gasteiger partial charge in [-0.1, -0.05) is 0 Å². The zero-order valence-corrected chi connectivity index (χ0v) is 12.5.